The van der Waals surface area contributed by atoms with E-state index in [1.807, 2.05) is 0 Å². The number of aryl methyl sites for hydroxylation is 1. The molecule has 0 spiro atoms. The van der Waals surface area contributed by atoms with Crippen LogP contribution in [-0.4, -0.2) is 6.54 Å². The monoisotopic (exact) mass is 437 g/mol. The highest BCUT2D eigenvalue weighted by Crippen LogP contribution is 2.38. The second-order valence-electron chi connectivity index (χ2n) is 8.95. The van der Waals surface area contributed by atoms with Crippen molar-refractivity contribution in [2.45, 2.75) is 13.3 Å². The Kier molecular flexibility index (Phi) is 5.24. The van der Waals surface area contributed by atoms with Gasteiger partial charge in [0.25, 0.3) is 0 Å². The molecule has 1 heteroatoms. The van der Waals surface area contributed by atoms with Gasteiger partial charge in [0, 0.05) is 12.7 Å². The van der Waals surface area contributed by atoms with E-state index >= 15 is 0 Å². The lowest BCUT2D eigenvalue weighted by Gasteiger charge is -2.16. The fourth-order valence-electron chi connectivity index (χ4n) is 4.99. The van der Waals surface area contributed by atoms with Crippen LogP contribution in [0.25, 0.3) is 49.4 Å². The number of benzene rings is 5. The highest BCUT2D eigenvalue weighted by atomic mass is 14.8. The third-order valence-electron chi connectivity index (χ3n) is 6.83. The number of fused-ring (bicyclic) bond motifs is 3. The zero-order valence-electron chi connectivity index (χ0n) is 19.4. The maximum atomic E-state index is 3.37. The smallest absolute Gasteiger partial charge is 0.0328 e. The van der Waals surface area contributed by atoms with E-state index in [4.69, 9.17) is 0 Å². The molecular formula is C33H27N. The summed E-state index contributed by atoms with van der Waals surface area (Å²) in [5.74, 6) is 0. The van der Waals surface area contributed by atoms with Crippen LogP contribution >= 0.6 is 0 Å². The molecule has 5 aromatic rings. The molecule has 1 aliphatic rings. The van der Waals surface area contributed by atoms with Crippen LogP contribution in [0.5, 0.6) is 0 Å². The zero-order valence-corrected chi connectivity index (χ0v) is 19.4. The van der Waals surface area contributed by atoms with Gasteiger partial charge in [-0.2, -0.15) is 0 Å². The summed E-state index contributed by atoms with van der Waals surface area (Å²) in [5, 5.41) is 8.53. The number of hydrogen-bond acceptors (Lipinski definition) is 1. The molecule has 0 bridgehead atoms. The Labute approximate surface area is 201 Å². The zero-order chi connectivity index (χ0) is 22.9. The van der Waals surface area contributed by atoms with Crippen LogP contribution in [0.15, 0.2) is 115 Å². The number of nitrogens with one attached hydrogen (secondary N) is 1. The molecule has 0 aromatic heterocycles. The normalized spacial score (nSPS) is 13.1. The largest absolute Gasteiger partial charge is 0.387 e. The van der Waals surface area contributed by atoms with Crippen molar-refractivity contribution < 1.29 is 0 Å². The number of hydrogen-bond donors (Lipinski definition) is 1. The van der Waals surface area contributed by atoms with Gasteiger partial charge in [0.2, 0.25) is 0 Å². The molecule has 1 nitrogen and oxygen atoms in total. The van der Waals surface area contributed by atoms with Gasteiger partial charge in [-0.3, -0.25) is 0 Å². The molecule has 1 aliphatic heterocycles. The van der Waals surface area contributed by atoms with E-state index in [1.54, 1.807) is 0 Å². The van der Waals surface area contributed by atoms with Gasteiger partial charge >= 0.3 is 0 Å². The van der Waals surface area contributed by atoms with Crippen LogP contribution in [-0.2, 0) is 6.42 Å². The van der Waals surface area contributed by atoms with Crippen LogP contribution in [0.1, 0.15) is 18.1 Å². The summed E-state index contributed by atoms with van der Waals surface area (Å²) in [7, 11) is 0. The van der Waals surface area contributed by atoms with Gasteiger partial charge in [-0.15, -0.1) is 0 Å². The first-order valence-electron chi connectivity index (χ1n) is 12.1. The first kappa shape index (κ1) is 20.5. The lowest BCUT2D eigenvalue weighted by Crippen LogP contribution is -2.08. The van der Waals surface area contributed by atoms with E-state index in [0.717, 1.165) is 13.0 Å². The Hall–Kier alpha value is -4.10. The summed E-state index contributed by atoms with van der Waals surface area (Å²) in [4.78, 5) is 0. The molecule has 0 saturated heterocycles. The van der Waals surface area contributed by atoms with Crippen LogP contribution in [0.2, 0.25) is 0 Å². The van der Waals surface area contributed by atoms with Crippen LogP contribution in [0.3, 0.4) is 0 Å². The van der Waals surface area contributed by atoms with Gasteiger partial charge in [0.1, 0.15) is 0 Å². The van der Waals surface area contributed by atoms with Crippen molar-refractivity contribution in [2.24, 2.45) is 0 Å². The molecule has 34 heavy (non-hydrogen) atoms. The van der Waals surface area contributed by atoms with Gasteiger partial charge < -0.3 is 5.32 Å². The highest BCUT2D eigenvalue weighted by molar-refractivity contribution is 6.14. The molecule has 6 rings (SSSR count). The van der Waals surface area contributed by atoms with Crippen molar-refractivity contribution in [3.63, 3.8) is 0 Å². The van der Waals surface area contributed by atoms with E-state index < -0.39 is 0 Å². The predicted octanol–water partition coefficient (Wildman–Crippen LogP) is 8.39. The van der Waals surface area contributed by atoms with Crippen molar-refractivity contribution >= 4 is 27.1 Å². The van der Waals surface area contributed by atoms with Gasteiger partial charge in [-0.25, -0.2) is 0 Å². The Balaban J connectivity index is 1.62. The minimum absolute atomic E-state index is 0.879. The van der Waals surface area contributed by atoms with Gasteiger partial charge in [0.15, 0.2) is 0 Å². The Morgan fingerprint density at radius 1 is 0.647 bits per heavy atom. The number of rotatable bonds is 4. The maximum absolute atomic E-state index is 3.37. The summed E-state index contributed by atoms with van der Waals surface area (Å²) < 4.78 is 0. The summed E-state index contributed by atoms with van der Waals surface area (Å²) in [6.45, 7) is 3.08. The number of dihydropyridines is 1. The van der Waals surface area contributed by atoms with Crippen LogP contribution < -0.4 is 5.32 Å². The Morgan fingerprint density at radius 3 is 2.12 bits per heavy atom. The SMILES string of the molecule is CCc1ccc(-c2cc(C3=CNCC=C3)cc(-c3cc4ccccc4c4ccccc34)c2)cc1. The van der Waals surface area contributed by atoms with E-state index in [0.29, 0.717) is 0 Å². The molecule has 1 heterocycles. The van der Waals surface area contributed by atoms with Crippen LogP contribution in [0, 0.1) is 0 Å². The predicted molar refractivity (Wildman–Crippen MR) is 147 cm³/mol. The molecule has 1 N–H and O–H groups in total. The first-order chi connectivity index (χ1) is 16.8. The lowest BCUT2D eigenvalue weighted by molar-refractivity contribution is 0.976. The van der Waals surface area contributed by atoms with Gasteiger partial charge in [0.05, 0.1) is 0 Å². The van der Waals surface area contributed by atoms with E-state index in [9.17, 15) is 0 Å². The second kappa shape index (κ2) is 8.68. The summed E-state index contributed by atoms with van der Waals surface area (Å²) >= 11 is 0. The lowest BCUT2D eigenvalue weighted by atomic mass is 9.89. The topological polar surface area (TPSA) is 12.0 Å². The molecular weight excluding hydrogens is 410 g/mol. The highest BCUT2D eigenvalue weighted by Gasteiger charge is 2.13. The number of allylic oxidation sites excluding steroid dienone is 2. The van der Waals surface area contributed by atoms with Gasteiger partial charge in [-0.05, 0) is 91.2 Å². The summed E-state index contributed by atoms with van der Waals surface area (Å²) in [6, 6.07) is 35.8. The van der Waals surface area contributed by atoms with Crippen molar-refractivity contribution in [3.05, 3.63) is 127 Å². The van der Waals surface area contributed by atoms with Crippen molar-refractivity contribution in [3.8, 4) is 22.3 Å². The summed E-state index contributed by atoms with van der Waals surface area (Å²) in [6.07, 6.45) is 7.58. The van der Waals surface area contributed by atoms with E-state index in [2.05, 4.69) is 128 Å². The average molecular weight is 438 g/mol. The molecule has 0 radical (unpaired) electrons. The van der Waals surface area contributed by atoms with E-state index in [1.165, 1.54) is 60.5 Å². The average Bonchev–Trinajstić information content (AvgIpc) is 2.93. The minimum atomic E-state index is 0.879. The molecule has 5 aromatic carbocycles. The molecule has 0 unspecified atom stereocenters. The molecule has 0 aliphatic carbocycles. The molecule has 0 saturated carbocycles. The standard InChI is InChI=1S/C33H27N/c1-2-23-13-15-24(16-14-23)27-18-28(26-9-7-17-34-22-26)20-29(19-27)33-21-25-8-3-4-10-30(25)31-11-5-6-12-32(31)33/h3-16,18-22,34H,2,17H2,1H3. The Bertz CT molecular complexity index is 1570. The molecule has 0 fully saturated rings. The molecule has 0 amide bonds. The maximum Gasteiger partial charge on any atom is 0.0328 e. The quantitative estimate of drug-likeness (QED) is 0.278. The fraction of sp³-hybridized carbons (Fsp3) is 0.0909. The molecule has 164 valence electrons. The third-order valence-corrected chi connectivity index (χ3v) is 6.83. The Morgan fingerprint density at radius 2 is 1.35 bits per heavy atom. The van der Waals surface area contributed by atoms with Crippen molar-refractivity contribution in [1.82, 2.24) is 5.32 Å². The molecule has 0 atom stereocenters. The van der Waals surface area contributed by atoms with E-state index in [-0.39, 0.29) is 0 Å². The van der Waals surface area contributed by atoms with Crippen molar-refractivity contribution in [2.75, 3.05) is 6.54 Å². The first-order valence-corrected chi connectivity index (χ1v) is 12.1. The van der Waals surface area contributed by atoms with Crippen LogP contribution in [0.4, 0.5) is 0 Å². The second-order valence-corrected chi connectivity index (χ2v) is 8.95. The minimum Gasteiger partial charge on any atom is -0.387 e. The van der Waals surface area contributed by atoms with Gasteiger partial charge in [-0.1, -0.05) is 91.9 Å². The van der Waals surface area contributed by atoms with Crippen molar-refractivity contribution in [1.29, 1.82) is 0 Å². The third kappa shape index (κ3) is 3.70. The fourth-order valence-corrected chi connectivity index (χ4v) is 4.99. The summed E-state index contributed by atoms with van der Waals surface area (Å²) in [5.41, 5.74) is 8.82.